The zero-order valence-electron chi connectivity index (χ0n) is 12.8. The minimum Gasteiger partial charge on any atom is -0.213 e. The molecule has 1 saturated heterocycles. The molecule has 11 heteroatoms. The fourth-order valence-electron chi connectivity index (χ4n) is 2.51. The van der Waals surface area contributed by atoms with Crippen LogP contribution >= 0.6 is 0 Å². The number of hydrogen-bond acceptors (Lipinski definition) is 4. The number of halogens is 3. The second-order valence-corrected chi connectivity index (χ2v) is 9.30. The topological polar surface area (TPSA) is 74.8 Å². The second kappa shape index (κ2) is 6.62. The highest BCUT2D eigenvalue weighted by atomic mass is 32.2. The molecule has 0 unspecified atom stereocenters. The molecule has 1 aromatic rings. The van der Waals surface area contributed by atoms with Gasteiger partial charge in [-0.1, -0.05) is 12.1 Å². The molecule has 0 aromatic heterocycles. The maximum atomic E-state index is 13.1. The molecule has 0 N–H and O–H groups in total. The molecule has 6 nitrogen and oxygen atoms in total. The van der Waals surface area contributed by atoms with E-state index in [1.54, 1.807) is 0 Å². The summed E-state index contributed by atoms with van der Waals surface area (Å²) in [5, 5.41) is 0. The van der Waals surface area contributed by atoms with Crippen LogP contribution in [0.25, 0.3) is 0 Å². The lowest BCUT2D eigenvalue weighted by atomic mass is 10.2. The average molecular weight is 386 g/mol. The summed E-state index contributed by atoms with van der Waals surface area (Å²) in [6, 6.07) is 3.98. The molecule has 1 aromatic carbocycles. The maximum Gasteiger partial charge on any atom is 0.417 e. The van der Waals surface area contributed by atoms with Crippen LogP contribution in [0.4, 0.5) is 13.2 Å². The van der Waals surface area contributed by atoms with E-state index in [0.717, 1.165) is 27.0 Å². The second-order valence-electron chi connectivity index (χ2n) is 5.41. The summed E-state index contributed by atoms with van der Waals surface area (Å²) < 4.78 is 89.6. The van der Waals surface area contributed by atoms with Crippen LogP contribution < -0.4 is 0 Å². The van der Waals surface area contributed by atoms with Gasteiger partial charge in [0.1, 0.15) is 0 Å². The van der Waals surface area contributed by atoms with E-state index in [1.165, 1.54) is 6.07 Å². The molecule has 0 saturated carbocycles. The van der Waals surface area contributed by atoms with E-state index in [2.05, 4.69) is 0 Å². The smallest absolute Gasteiger partial charge is 0.213 e. The largest absolute Gasteiger partial charge is 0.417 e. The van der Waals surface area contributed by atoms with Gasteiger partial charge >= 0.3 is 6.18 Å². The Labute approximate surface area is 139 Å². The molecular weight excluding hydrogens is 369 g/mol. The maximum absolute atomic E-state index is 13.1. The van der Waals surface area contributed by atoms with Crippen LogP contribution in [0.3, 0.4) is 0 Å². The lowest BCUT2D eigenvalue weighted by Gasteiger charge is -2.22. The van der Waals surface area contributed by atoms with Gasteiger partial charge < -0.3 is 0 Å². The van der Waals surface area contributed by atoms with Gasteiger partial charge in [-0.15, -0.1) is 0 Å². The Kier molecular flexibility index (Phi) is 5.28. The van der Waals surface area contributed by atoms with Crippen molar-refractivity contribution < 1.29 is 30.0 Å². The predicted molar refractivity (Wildman–Crippen MR) is 81.2 cm³/mol. The number of rotatable bonds is 3. The van der Waals surface area contributed by atoms with Gasteiger partial charge in [-0.2, -0.15) is 17.5 Å². The van der Waals surface area contributed by atoms with Gasteiger partial charge in [0.05, 0.1) is 16.7 Å². The molecule has 2 rings (SSSR count). The van der Waals surface area contributed by atoms with E-state index in [0.29, 0.717) is 6.07 Å². The number of alkyl halides is 3. The molecule has 0 bridgehead atoms. The van der Waals surface area contributed by atoms with Crippen LogP contribution in [0.5, 0.6) is 0 Å². The molecule has 0 aliphatic carbocycles. The molecule has 1 fully saturated rings. The standard InChI is InChI=1S/C13H17F3N2O4S2/c1-23(19,20)17-7-4-8-18(10-9-17)24(21,22)12-6-3-2-5-11(12)13(14,15)16/h2-3,5-6H,4,7-10H2,1H3. The van der Waals surface area contributed by atoms with E-state index in [4.69, 9.17) is 0 Å². The van der Waals surface area contributed by atoms with Crippen molar-refractivity contribution in [2.75, 3.05) is 32.4 Å². The highest BCUT2D eigenvalue weighted by Gasteiger charge is 2.39. The minimum atomic E-state index is -4.80. The Morgan fingerprint density at radius 2 is 1.46 bits per heavy atom. The Balaban J connectivity index is 2.36. The van der Waals surface area contributed by atoms with Crippen molar-refractivity contribution in [1.82, 2.24) is 8.61 Å². The highest BCUT2D eigenvalue weighted by molar-refractivity contribution is 7.89. The summed E-state index contributed by atoms with van der Waals surface area (Å²) in [6.45, 7) is -0.194. The molecule has 1 aliphatic heterocycles. The van der Waals surface area contributed by atoms with Gasteiger partial charge in [0, 0.05) is 26.2 Å². The van der Waals surface area contributed by atoms with Crippen LogP contribution in [0.1, 0.15) is 12.0 Å². The molecular formula is C13H17F3N2O4S2. The number of sulfonamides is 2. The van der Waals surface area contributed by atoms with E-state index >= 15 is 0 Å². The van der Waals surface area contributed by atoms with Crippen molar-refractivity contribution in [2.24, 2.45) is 0 Å². The molecule has 1 aliphatic rings. The van der Waals surface area contributed by atoms with Crippen molar-refractivity contribution in [3.8, 4) is 0 Å². The summed E-state index contributed by atoms with van der Waals surface area (Å²) in [7, 11) is -7.86. The lowest BCUT2D eigenvalue weighted by Crippen LogP contribution is -2.37. The fraction of sp³-hybridized carbons (Fsp3) is 0.538. The van der Waals surface area contributed by atoms with Crippen molar-refractivity contribution in [2.45, 2.75) is 17.5 Å². The Bertz CT molecular complexity index is 807. The number of hydrogen-bond donors (Lipinski definition) is 0. The number of benzene rings is 1. The highest BCUT2D eigenvalue weighted by Crippen LogP contribution is 2.35. The first-order valence-corrected chi connectivity index (χ1v) is 10.3. The molecule has 0 spiro atoms. The fourth-order valence-corrected chi connectivity index (χ4v) is 5.06. The third-order valence-corrected chi connectivity index (χ3v) is 6.95. The molecule has 24 heavy (non-hydrogen) atoms. The predicted octanol–water partition coefficient (Wildman–Crippen LogP) is 1.36. The van der Waals surface area contributed by atoms with Gasteiger partial charge in [-0.05, 0) is 18.6 Å². The molecule has 1 heterocycles. The van der Waals surface area contributed by atoms with Crippen molar-refractivity contribution >= 4 is 20.0 Å². The molecule has 136 valence electrons. The van der Waals surface area contributed by atoms with Crippen LogP contribution in [0.2, 0.25) is 0 Å². The zero-order valence-corrected chi connectivity index (χ0v) is 14.5. The molecule has 0 radical (unpaired) electrons. The Morgan fingerprint density at radius 3 is 2.04 bits per heavy atom. The first-order chi connectivity index (χ1) is 10.9. The minimum absolute atomic E-state index is 0.0411. The van der Waals surface area contributed by atoms with Crippen LogP contribution in [0, 0.1) is 0 Å². The molecule has 0 atom stereocenters. The average Bonchev–Trinajstić information content (AvgIpc) is 2.72. The van der Waals surface area contributed by atoms with Gasteiger partial charge in [0.2, 0.25) is 20.0 Å². The van der Waals surface area contributed by atoms with Gasteiger partial charge in [0.15, 0.2) is 0 Å². The number of nitrogens with zero attached hydrogens (tertiary/aromatic N) is 2. The van der Waals surface area contributed by atoms with Gasteiger partial charge in [-0.25, -0.2) is 21.1 Å². The van der Waals surface area contributed by atoms with Crippen LogP contribution in [-0.4, -0.2) is 57.9 Å². The molecule has 0 amide bonds. The summed E-state index contributed by atoms with van der Waals surface area (Å²) in [5.41, 5.74) is -1.23. The summed E-state index contributed by atoms with van der Waals surface area (Å²) in [5.74, 6) is 0. The van der Waals surface area contributed by atoms with Crippen LogP contribution in [0.15, 0.2) is 29.2 Å². The van der Waals surface area contributed by atoms with E-state index in [1.807, 2.05) is 0 Å². The van der Waals surface area contributed by atoms with E-state index < -0.39 is 36.7 Å². The Hall–Kier alpha value is -1.17. The summed E-state index contributed by atoms with van der Waals surface area (Å²) in [4.78, 5) is -0.815. The summed E-state index contributed by atoms with van der Waals surface area (Å²) >= 11 is 0. The SMILES string of the molecule is CS(=O)(=O)N1CCCN(S(=O)(=O)c2ccccc2C(F)(F)F)CC1. The van der Waals surface area contributed by atoms with Crippen LogP contribution in [-0.2, 0) is 26.2 Å². The zero-order chi connectivity index (χ0) is 18.2. The lowest BCUT2D eigenvalue weighted by molar-refractivity contribution is -0.139. The Morgan fingerprint density at radius 1 is 0.917 bits per heavy atom. The first-order valence-electron chi connectivity index (χ1n) is 7.05. The van der Waals surface area contributed by atoms with Gasteiger partial charge in [0.25, 0.3) is 0 Å². The van der Waals surface area contributed by atoms with Gasteiger partial charge in [-0.3, -0.25) is 0 Å². The monoisotopic (exact) mass is 386 g/mol. The normalized spacial score (nSPS) is 19.2. The third-order valence-electron chi connectivity index (χ3n) is 3.69. The summed E-state index contributed by atoms with van der Waals surface area (Å²) in [6.07, 6.45) is -3.58. The third kappa shape index (κ3) is 4.08. The van der Waals surface area contributed by atoms with Crippen molar-refractivity contribution in [3.63, 3.8) is 0 Å². The first kappa shape index (κ1) is 19.2. The van der Waals surface area contributed by atoms with E-state index in [9.17, 15) is 30.0 Å². The van der Waals surface area contributed by atoms with Crippen molar-refractivity contribution in [1.29, 1.82) is 0 Å². The van der Waals surface area contributed by atoms with E-state index in [-0.39, 0.29) is 32.6 Å². The quantitative estimate of drug-likeness (QED) is 0.786. The van der Waals surface area contributed by atoms with Crippen molar-refractivity contribution in [3.05, 3.63) is 29.8 Å².